The molecule has 0 N–H and O–H groups in total. The molecular formula is C13H13ClN2O2S. The van der Waals surface area contributed by atoms with Crippen LogP contribution in [0.1, 0.15) is 17.7 Å². The maximum atomic E-state index is 10.8. The maximum absolute atomic E-state index is 10.8. The highest BCUT2D eigenvalue weighted by atomic mass is 35.5. The Labute approximate surface area is 120 Å². The number of aromatic nitrogens is 1. The van der Waals surface area contributed by atoms with Gasteiger partial charge in [-0.25, -0.2) is 4.98 Å². The summed E-state index contributed by atoms with van der Waals surface area (Å²) in [6.07, 6.45) is 1.73. The lowest BCUT2D eigenvalue weighted by Crippen LogP contribution is -1.91. The highest BCUT2D eigenvalue weighted by Crippen LogP contribution is 2.30. The molecule has 0 saturated carbocycles. The first-order valence-corrected chi connectivity index (χ1v) is 7.29. The quantitative estimate of drug-likeness (QED) is 0.472. The lowest BCUT2D eigenvalue weighted by atomic mass is 10.1. The maximum Gasteiger partial charge on any atom is 0.270 e. The summed E-state index contributed by atoms with van der Waals surface area (Å²) < 4.78 is 0. The van der Waals surface area contributed by atoms with Crippen molar-refractivity contribution >= 4 is 28.6 Å². The lowest BCUT2D eigenvalue weighted by molar-refractivity contribution is -0.384. The molecule has 0 amide bonds. The van der Waals surface area contributed by atoms with Crippen LogP contribution in [-0.4, -0.2) is 15.8 Å². The molecule has 0 atom stereocenters. The molecule has 0 fully saturated rings. The molecule has 6 heteroatoms. The minimum atomic E-state index is -0.384. The number of hydrogen-bond acceptors (Lipinski definition) is 4. The minimum Gasteiger partial charge on any atom is -0.258 e. The van der Waals surface area contributed by atoms with Crippen molar-refractivity contribution in [3.63, 3.8) is 0 Å². The Morgan fingerprint density at radius 2 is 2.26 bits per heavy atom. The summed E-state index contributed by atoms with van der Waals surface area (Å²) in [7, 11) is 0. The second kappa shape index (κ2) is 6.12. The van der Waals surface area contributed by atoms with Crippen LogP contribution in [0.4, 0.5) is 5.69 Å². The van der Waals surface area contributed by atoms with Crippen molar-refractivity contribution < 1.29 is 4.92 Å². The Morgan fingerprint density at radius 3 is 2.95 bits per heavy atom. The van der Waals surface area contributed by atoms with E-state index in [1.54, 1.807) is 12.1 Å². The monoisotopic (exact) mass is 296 g/mol. The summed E-state index contributed by atoms with van der Waals surface area (Å²) >= 11 is 7.17. The average molecular weight is 297 g/mol. The number of rotatable bonds is 5. The van der Waals surface area contributed by atoms with Crippen LogP contribution in [0.5, 0.6) is 0 Å². The molecule has 2 rings (SSSR count). The van der Waals surface area contributed by atoms with Gasteiger partial charge < -0.3 is 0 Å². The molecule has 0 aliphatic carbocycles. The standard InChI is InChI=1S/C13H13ClN2O2S/c1-9-4-5-11(16(17)18)7-12(9)13-15-10(8-19-13)3-2-6-14/h4-5,7-8H,2-3,6H2,1H3. The van der Waals surface area contributed by atoms with Crippen LogP contribution in [0.2, 0.25) is 0 Å². The molecule has 1 heterocycles. The van der Waals surface area contributed by atoms with E-state index in [0.29, 0.717) is 5.88 Å². The zero-order chi connectivity index (χ0) is 13.8. The van der Waals surface area contributed by atoms with E-state index in [1.807, 2.05) is 12.3 Å². The largest absolute Gasteiger partial charge is 0.270 e. The number of non-ortho nitro benzene ring substituents is 1. The number of hydrogen-bond donors (Lipinski definition) is 0. The molecule has 0 aliphatic heterocycles. The molecule has 4 nitrogen and oxygen atoms in total. The molecule has 100 valence electrons. The average Bonchev–Trinajstić information content (AvgIpc) is 2.85. The van der Waals surface area contributed by atoms with Gasteiger partial charge in [-0.3, -0.25) is 10.1 Å². The number of nitro benzene ring substituents is 1. The van der Waals surface area contributed by atoms with E-state index in [0.717, 1.165) is 34.7 Å². The topological polar surface area (TPSA) is 56.0 Å². The molecule has 0 aliphatic rings. The summed E-state index contributed by atoms with van der Waals surface area (Å²) in [4.78, 5) is 14.9. The van der Waals surface area contributed by atoms with Gasteiger partial charge in [0.05, 0.1) is 10.6 Å². The van der Waals surface area contributed by atoms with Crippen molar-refractivity contribution in [1.29, 1.82) is 0 Å². The van der Waals surface area contributed by atoms with Gasteiger partial charge in [-0.05, 0) is 25.3 Å². The minimum absolute atomic E-state index is 0.0955. The van der Waals surface area contributed by atoms with Crippen molar-refractivity contribution in [3.8, 4) is 10.6 Å². The Balaban J connectivity index is 2.32. The van der Waals surface area contributed by atoms with E-state index in [-0.39, 0.29) is 10.6 Å². The summed E-state index contributed by atoms with van der Waals surface area (Å²) in [5.74, 6) is 0.614. The second-order valence-corrected chi connectivity index (χ2v) is 5.43. The van der Waals surface area contributed by atoms with Crippen LogP contribution in [0.25, 0.3) is 10.6 Å². The van der Waals surface area contributed by atoms with Crippen LogP contribution in [0, 0.1) is 17.0 Å². The number of thiazole rings is 1. The van der Waals surface area contributed by atoms with Gasteiger partial charge in [-0.15, -0.1) is 22.9 Å². The molecule has 0 saturated heterocycles. The van der Waals surface area contributed by atoms with Gasteiger partial charge in [0.25, 0.3) is 5.69 Å². The predicted octanol–water partition coefficient (Wildman–Crippen LogP) is 4.20. The van der Waals surface area contributed by atoms with Crippen LogP contribution >= 0.6 is 22.9 Å². The number of nitrogens with zero attached hydrogens (tertiary/aromatic N) is 2. The third-order valence-electron chi connectivity index (χ3n) is 2.78. The van der Waals surface area contributed by atoms with Crippen LogP contribution in [-0.2, 0) is 6.42 Å². The Kier molecular flexibility index (Phi) is 4.50. The number of nitro groups is 1. The SMILES string of the molecule is Cc1ccc([N+](=O)[O-])cc1-c1nc(CCCCl)cs1. The molecular weight excluding hydrogens is 284 g/mol. The summed E-state index contributed by atoms with van der Waals surface area (Å²) in [6, 6.07) is 4.85. The van der Waals surface area contributed by atoms with Crippen LogP contribution in [0.3, 0.4) is 0 Å². The van der Waals surface area contributed by atoms with Crippen molar-refractivity contribution in [1.82, 2.24) is 4.98 Å². The number of benzene rings is 1. The molecule has 19 heavy (non-hydrogen) atoms. The Hall–Kier alpha value is -1.46. The van der Waals surface area contributed by atoms with Gasteiger partial charge in [0.1, 0.15) is 5.01 Å². The van der Waals surface area contributed by atoms with E-state index in [9.17, 15) is 10.1 Å². The molecule has 0 bridgehead atoms. The lowest BCUT2D eigenvalue weighted by Gasteiger charge is -2.01. The van der Waals surface area contributed by atoms with Gasteiger partial charge in [-0.2, -0.15) is 0 Å². The highest BCUT2D eigenvalue weighted by molar-refractivity contribution is 7.13. The summed E-state index contributed by atoms with van der Waals surface area (Å²) in [6.45, 7) is 1.93. The fourth-order valence-electron chi connectivity index (χ4n) is 1.75. The number of halogens is 1. The second-order valence-electron chi connectivity index (χ2n) is 4.19. The van der Waals surface area contributed by atoms with E-state index in [2.05, 4.69) is 4.98 Å². The Morgan fingerprint density at radius 1 is 1.47 bits per heavy atom. The van der Waals surface area contributed by atoms with Crippen molar-refractivity contribution in [2.45, 2.75) is 19.8 Å². The van der Waals surface area contributed by atoms with E-state index in [4.69, 9.17) is 11.6 Å². The van der Waals surface area contributed by atoms with Crippen LogP contribution in [0.15, 0.2) is 23.6 Å². The molecule has 1 aromatic heterocycles. The zero-order valence-corrected chi connectivity index (χ0v) is 12.0. The van der Waals surface area contributed by atoms with Gasteiger partial charge >= 0.3 is 0 Å². The molecule has 2 aromatic rings. The molecule has 0 unspecified atom stereocenters. The van der Waals surface area contributed by atoms with Crippen molar-refractivity contribution in [3.05, 3.63) is 45.0 Å². The first-order chi connectivity index (χ1) is 9.11. The van der Waals surface area contributed by atoms with E-state index < -0.39 is 0 Å². The van der Waals surface area contributed by atoms with Gasteiger partial charge in [0.2, 0.25) is 0 Å². The van der Waals surface area contributed by atoms with Gasteiger partial charge in [-0.1, -0.05) is 6.07 Å². The highest BCUT2D eigenvalue weighted by Gasteiger charge is 2.13. The fourth-order valence-corrected chi connectivity index (χ4v) is 2.82. The van der Waals surface area contributed by atoms with E-state index >= 15 is 0 Å². The smallest absolute Gasteiger partial charge is 0.258 e. The third-order valence-corrected chi connectivity index (χ3v) is 3.97. The third kappa shape index (κ3) is 3.30. The summed E-state index contributed by atoms with van der Waals surface area (Å²) in [5, 5.41) is 13.6. The molecule has 0 spiro atoms. The summed E-state index contributed by atoms with van der Waals surface area (Å²) in [5.41, 5.74) is 2.91. The van der Waals surface area contributed by atoms with Gasteiger partial charge in [0.15, 0.2) is 0 Å². The molecule has 0 radical (unpaired) electrons. The van der Waals surface area contributed by atoms with Crippen LogP contribution < -0.4 is 0 Å². The van der Waals surface area contributed by atoms with Crippen molar-refractivity contribution in [2.75, 3.05) is 5.88 Å². The van der Waals surface area contributed by atoms with Gasteiger partial charge in [0, 0.05) is 29.0 Å². The normalized spacial score (nSPS) is 10.6. The number of alkyl halides is 1. The molecule has 1 aromatic carbocycles. The predicted molar refractivity (Wildman–Crippen MR) is 78.0 cm³/mol. The fraction of sp³-hybridized carbons (Fsp3) is 0.308. The van der Waals surface area contributed by atoms with Crippen molar-refractivity contribution in [2.24, 2.45) is 0 Å². The Bertz CT molecular complexity index is 598. The number of aryl methyl sites for hydroxylation is 2. The van der Waals surface area contributed by atoms with E-state index in [1.165, 1.54) is 17.4 Å². The first kappa shape index (κ1) is 14.0. The zero-order valence-electron chi connectivity index (χ0n) is 10.4. The first-order valence-electron chi connectivity index (χ1n) is 5.87.